The van der Waals surface area contributed by atoms with Crippen molar-refractivity contribution in [2.45, 2.75) is 6.92 Å². The van der Waals surface area contributed by atoms with Gasteiger partial charge in [0.25, 0.3) is 0 Å². The van der Waals surface area contributed by atoms with Crippen LogP contribution in [-0.2, 0) is 4.79 Å². The number of hydrogen-bond donors (Lipinski definition) is 1. The monoisotopic (exact) mass is 228 g/mol. The Kier molecular flexibility index (Phi) is 3.10. The Hall–Kier alpha value is -2.29. The number of furan rings is 1. The lowest BCUT2D eigenvalue weighted by Gasteiger charge is -2.03. The van der Waals surface area contributed by atoms with Crippen molar-refractivity contribution in [1.29, 1.82) is 0 Å². The van der Waals surface area contributed by atoms with Crippen LogP contribution in [0.2, 0.25) is 0 Å². The second kappa shape index (κ2) is 4.70. The van der Waals surface area contributed by atoms with Crippen molar-refractivity contribution in [3.05, 3.63) is 59.5 Å². The molecule has 0 aliphatic carbocycles. The van der Waals surface area contributed by atoms with Crippen molar-refractivity contribution in [2.75, 3.05) is 0 Å². The molecule has 0 saturated heterocycles. The Morgan fingerprint density at radius 2 is 2.12 bits per heavy atom. The molecule has 0 aliphatic heterocycles. The average molecular weight is 228 g/mol. The van der Waals surface area contributed by atoms with E-state index in [4.69, 9.17) is 4.42 Å². The molecule has 86 valence electrons. The molecule has 0 aliphatic rings. The molecule has 0 saturated carbocycles. The van der Waals surface area contributed by atoms with Gasteiger partial charge in [-0.1, -0.05) is 29.8 Å². The fourth-order valence-electron chi connectivity index (χ4n) is 1.60. The highest BCUT2D eigenvalue weighted by atomic mass is 16.4. The van der Waals surface area contributed by atoms with Gasteiger partial charge in [0.2, 0.25) is 0 Å². The minimum absolute atomic E-state index is 0.226. The van der Waals surface area contributed by atoms with Gasteiger partial charge in [-0.05, 0) is 30.7 Å². The molecule has 2 aromatic rings. The summed E-state index contributed by atoms with van der Waals surface area (Å²) < 4.78 is 5.13. The van der Waals surface area contributed by atoms with Gasteiger partial charge in [0.15, 0.2) is 0 Å². The smallest absolute Gasteiger partial charge is 0.336 e. The zero-order chi connectivity index (χ0) is 12.3. The largest absolute Gasteiger partial charge is 0.478 e. The summed E-state index contributed by atoms with van der Waals surface area (Å²) >= 11 is 0. The highest BCUT2D eigenvalue weighted by Gasteiger charge is 2.11. The normalized spacial score (nSPS) is 11.5. The van der Waals surface area contributed by atoms with E-state index in [0.29, 0.717) is 11.3 Å². The Labute approximate surface area is 99.0 Å². The number of aryl methyl sites for hydroxylation is 1. The summed E-state index contributed by atoms with van der Waals surface area (Å²) in [6.07, 6.45) is 3.04. The maximum Gasteiger partial charge on any atom is 0.336 e. The van der Waals surface area contributed by atoms with Crippen molar-refractivity contribution < 1.29 is 14.3 Å². The molecule has 17 heavy (non-hydrogen) atoms. The van der Waals surface area contributed by atoms with Gasteiger partial charge in [0.05, 0.1) is 11.8 Å². The molecule has 1 aromatic carbocycles. The summed E-state index contributed by atoms with van der Waals surface area (Å²) in [4.78, 5) is 11.2. The quantitative estimate of drug-likeness (QED) is 0.820. The second-order valence-electron chi connectivity index (χ2n) is 3.75. The maximum atomic E-state index is 11.2. The predicted octanol–water partition coefficient (Wildman–Crippen LogP) is 3.21. The van der Waals surface area contributed by atoms with Crippen molar-refractivity contribution >= 4 is 17.6 Å². The van der Waals surface area contributed by atoms with E-state index in [0.717, 1.165) is 5.56 Å². The zero-order valence-electron chi connectivity index (χ0n) is 9.38. The summed E-state index contributed by atoms with van der Waals surface area (Å²) in [7, 11) is 0. The Morgan fingerprint density at radius 3 is 2.71 bits per heavy atom. The lowest BCUT2D eigenvalue weighted by Crippen LogP contribution is -1.99. The molecule has 0 atom stereocenters. The van der Waals surface area contributed by atoms with E-state index in [1.165, 1.54) is 12.3 Å². The molecular weight excluding hydrogens is 216 g/mol. The molecule has 0 radical (unpaired) electrons. The predicted molar refractivity (Wildman–Crippen MR) is 65.4 cm³/mol. The first-order valence-electron chi connectivity index (χ1n) is 5.22. The van der Waals surface area contributed by atoms with Crippen LogP contribution in [0.3, 0.4) is 0 Å². The number of aliphatic carboxylic acids is 1. The molecule has 3 nitrogen and oxygen atoms in total. The van der Waals surface area contributed by atoms with Crippen LogP contribution in [-0.4, -0.2) is 11.1 Å². The van der Waals surface area contributed by atoms with Gasteiger partial charge >= 0.3 is 5.97 Å². The van der Waals surface area contributed by atoms with Gasteiger partial charge in [0, 0.05) is 0 Å². The third kappa shape index (κ3) is 2.64. The average Bonchev–Trinajstić information content (AvgIpc) is 2.78. The van der Waals surface area contributed by atoms with E-state index in [1.807, 2.05) is 25.1 Å². The van der Waals surface area contributed by atoms with Gasteiger partial charge in [-0.25, -0.2) is 4.79 Å². The number of carboxylic acid groups (broad SMARTS) is 1. The van der Waals surface area contributed by atoms with Crippen molar-refractivity contribution in [3.63, 3.8) is 0 Å². The number of rotatable bonds is 3. The number of carbonyl (C=O) groups is 1. The number of benzene rings is 1. The molecule has 0 amide bonds. The zero-order valence-corrected chi connectivity index (χ0v) is 9.38. The lowest BCUT2D eigenvalue weighted by atomic mass is 10.0. The molecule has 1 N–H and O–H groups in total. The molecular formula is C14H12O3. The molecule has 2 rings (SSSR count). The van der Waals surface area contributed by atoms with Crippen molar-refractivity contribution in [3.8, 4) is 0 Å². The van der Waals surface area contributed by atoms with Crippen molar-refractivity contribution in [1.82, 2.24) is 0 Å². The summed E-state index contributed by atoms with van der Waals surface area (Å²) in [5.74, 6) is -0.434. The minimum atomic E-state index is -0.966. The van der Waals surface area contributed by atoms with E-state index < -0.39 is 5.97 Å². The topological polar surface area (TPSA) is 50.4 Å². The second-order valence-corrected chi connectivity index (χ2v) is 3.75. The summed E-state index contributed by atoms with van der Waals surface area (Å²) in [5, 5.41) is 9.21. The van der Waals surface area contributed by atoms with Crippen LogP contribution in [0.15, 0.2) is 47.1 Å². The highest BCUT2D eigenvalue weighted by molar-refractivity contribution is 6.20. The fraction of sp³-hybridized carbons (Fsp3) is 0.0714. The molecule has 1 aromatic heterocycles. The Morgan fingerprint density at radius 1 is 1.29 bits per heavy atom. The molecule has 0 fully saturated rings. The number of hydrogen-bond acceptors (Lipinski definition) is 2. The van der Waals surface area contributed by atoms with Crippen LogP contribution < -0.4 is 0 Å². The first kappa shape index (κ1) is 11.2. The van der Waals surface area contributed by atoms with E-state index >= 15 is 0 Å². The van der Waals surface area contributed by atoms with Crippen LogP contribution in [0.5, 0.6) is 0 Å². The fourth-order valence-corrected chi connectivity index (χ4v) is 1.60. The first-order valence-corrected chi connectivity index (χ1v) is 5.22. The highest BCUT2D eigenvalue weighted by Crippen LogP contribution is 2.19. The molecule has 3 heteroatoms. The summed E-state index contributed by atoms with van der Waals surface area (Å²) in [6, 6.07) is 10.8. The van der Waals surface area contributed by atoms with E-state index in [1.54, 1.807) is 18.2 Å². The molecule has 1 heterocycles. The van der Waals surface area contributed by atoms with Crippen LogP contribution in [0.4, 0.5) is 0 Å². The third-order valence-corrected chi connectivity index (χ3v) is 2.39. The van der Waals surface area contributed by atoms with Crippen LogP contribution >= 0.6 is 0 Å². The Balaban J connectivity index is 2.46. The van der Waals surface area contributed by atoms with E-state index in [9.17, 15) is 9.90 Å². The number of carboxylic acids is 1. The van der Waals surface area contributed by atoms with Gasteiger partial charge in [-0.15, -0.1) is 0 Å². The summed E-state index contributed by atoms with van der Waals surface area (Å²) in [6.45, 7) is 1.93. The van der Waals surface area contributed by atoms with Crippen LogP contribution in [0, 0.1) is 6.92 Å². The minimum Gasteiger partial charge on any atom is -0.478 e. The lowest BCUT2D eigenvalue weighted by molar-refractivity contribution is -0.130. The molecule has 0 spiro atoms. The van der Waals surface area contributed by atoms with Gasteiger partial charge in [-0.2, -0.15) is 0 Å². The Bertz CT molecular complexity index is 551. The molecule has 0 unspecified atom stereocenters. The van der Waals surface area contributed by atoms with E-state index in [-0.39, 0.29) is 5.57 Å². The van der Waals surface area contributed by atoms with Crippen LogP contribution in [0.1, 0.15) is 16.9 Å². The molecule has 0 bridgehead atoms. The summed E-state index contributed by atoms with van der Waals surface area (Å²) in [5.41, 5.74) is 1.92. The van der Waals surface area contributed by atoms with Crippen molar-refractivity contribution in [2.24, 2.45) is 0 Å². The van der Waals surface area contributed by atoms with E-state index in [2.05, 4.69) is 0 Å². The maximum absolute atomic E-state index is 11.2. The van der Waals surface area contributed by atoms with Gasteiger partial charge < -0.3 is 9.52 Å². The first-order chi connectivity index (χ1) is 8.16. The van der Waals surface area contributed by atoms with Gasteiger partial charge in [-0.3, -0.25) is 0 Å². The third-order valence-electron chi connectivity index (χ3n) is 2.39. The van der Waals surface area contributed by atoms with Crippen LogP contribution in [0.25, 0.3) is 11.6 Å². The van der Waals surface area contributed by atoms with Gasteiger partial charge in [0.1, 0.15) is 5.76 Å². The SMILES string of the molecule is Cc1cccc(/C(=C\c2ccco2)C(=O)O)c1. The standard InChI is InChI=1S/C14H12O3/c1-10-4-2-5-11(8-10)13(14(15)16)9-12-6-3-7-17-12/h2-9H,1H3,(H,15,16)/b13-9+.